The number of ether oxygens (including phenoxy) is 1. The molecule has 2 aromatic rings. The van der Waals surface area contributed by atoms with Gasteiger partial charge in [-0.05, 0) is 42.3 Å². The lowest BCUT2D eigenvalue weighted by Crippen LogP contribution is -2.28. The number of carbonyl (C=O) groups excluding carboxylic acids is 1. The van der Waals surface area contributed by atoms with E-state index in [1.165, 1.54) is 11.8 Å². The molecule has 128 valence electrons. The van der Waals surface area contributed by atoms with Crippen molar-refractivity contribution >= 4 is 40.9 Å². The van der Waals surface area contributed by atoms with Crippen LogP contribution >= 0.6 is 35.0 Å². The smallest absolute Gasteiger partial charge is 0.230 e. The summed E-state index contributed by atoms with van der Waals surface area (Å²) in [5.41, 5.74) is 2.01. The van der Waals surface area contributed by atoms with Crippen LogP contribution in [0.5, 0.6) is 5.75 Å². The number of carbonyl (C=O) groups is 1. The molecule has 0 aromatic heterocycles. The van der Waals surface area contributed by atoms with Crippen LogP contribution in [0.25, 0.3) is 0 Å². The van der Waals surface area contributed by atoms with Gasteiger partial charge in [0.15, 0.2) is 0 Å². The summed E-state index contributed by atoms with van der Waals surface area (Å²) in [6.07, 6.45) is 0. The third-order valence-corrected chi connectivity index (χ3v) is 5.07. The van der Waals surface area contributed by atoms with E-state index in [-0.39, 0.29) is 11.9 Å². The third-order valence-electron chi connectivity index (χ3n) is 3.50. The molecule has 2 aromatic carbocycles. The van der Waals surface area contributed by atoms with Crippen LogP contribution in [0.15, 0.2) is 42.5 Å². The zero-order chi connectivity index (χ0) is 17.5. The number of hydrogen-bond donors (Lipinski definition) is 1. The molecular weight excluding hydrogens is 365 g/mol. The summed E-state index contributed by atoms with van der Waals surface area (Å²) in [5.74, 6) is 1.83. The molecule has 1 unspecified atom stereocenters. The van der Waals surface area contributed by atoms with Gasteiger partial charge in [0.1, 0.15) is 5.75 Å². The number of benzene rings is 2. The van der Waals surface area contributed by atoms with Crippen LogP contribution in [0.2, 0.25) is 10.0 Å². The van der Waals surface area contributed by atoms with Crippen LogP contribution in [0.4, 0.5) is 0 Å². The van der Waals surface area contributed by atoms with E-state index in [2.05, 4.69) is 5.32 Å². The fraction of sp³-hybridized carbons (Fsp3) is 0.278. The molecule has 0 aliphatic heterocycles. The first-order valence-corrected chi connectivity index (χ1v) is 9.35. The maximum atomic E-state index is 12.1. The zero-order valence-corrected chi connectivity index (χ0v) is 15.8. The molecule has 6 heteroatoms. The van der Waals surface area contributed by atoms with E-state index in [1.54, 1.807) is 19.2 Å². The highest BCUT2D eigenvalue weighted by atomic mass is 35.5. The van der Waals surface area contributed by atoms with Gasteiger partial charge >= 0.3 is 0 Å². The molecule has 0 spiro atoms. The van der Waals surface area contributed by atoms with Gasteiger partial charge in [0.25, 0.3) is 0 Å². The number of amides is 1. The predicted molar refractivity (Wildman–Crippen MR) is 102 cm³/mol. The van der Waals surface area contributed by atoms with Crippen molar-refractivity contribution in [3.8, 4) is 5.75 Å². The summed E-state index contributed by atoms with van der Waals surface area (Å²) < 4.78 is 5.13. The molecule has 1 amide bonds. The second-order valence-corrected chi connectivity index (χ2v) is 7.12. The van der Waals surface area contributed by atoms with Crippen molar-refractivity contribution in [3.05, 3.63) is 63.6 Å². The van der Waals surface area contributed by atoms with Crippen LogP contribution in [-0.2, 0) is 10.5 Å². The molecule has 2 rings (SSSR count). The van der Waals surface area contributed by atoms with E-state index >= 15 is 0 Å². The van der Waals surface area contributed by atoms with Gasteiger partial charge in [-0.3, -0.25) is 4.79 Å². The number of hydrogen-bond acceptors (Lipinski definition) is 3. The van der Waals surface area contributed by atoms with Crippen molar-refractivity contribution < 1.29 is 9.53 Å². The molecule has 0 saturated heterocycles. The number of halogens is 2. The van der Waals surface area contributed by atoms with Crippen LogP contribution in [0, 0.1) is 0 Å². The summed E-state index contributed by atoms with van der Waals surface area (Å²) in [4.78, 5) is 12.1. The highest BCUT2D eigenvalue weighted by molar-refractivity contribution is 7.99. The van der Waals surface area contributed by atoms with E-state index < -0.39 is 0 Å². The fourth-order valence-corrected chi connectivity index (χ4v) is 3.55. The number of nitrogens with one attached hydrogen (secondary N) is 1. The van der Waals surface area contributed by atoms with Crippen LogP contribution < -0.4 is 10.1 Å². The largest absolute Gasteiger partial charge is 0.497 e. The Kier molecular flexibility index (Phi) is 7.28. The molecule has 1 atom stereocenters. The van der Waals surface area contributed by atoms with E-state index in [4.69, 9.17) is 27.9 Å². The van der Waals surface area contributed by atoms with E-state index in [0.717, 1.165) is 16.9 Å². The monoisotopic (exact) mass is 383 g/mol. The molecule has 0 aliphatic carbocycles. The SMILES string of the molecule is COc1ccc(C(C)NC(=O)CSCc2ccc(Cl)cc2Cl)cc1. The van der Waals surface area contributed by atoms with E-state index in [1.807, 2.05) is 37.3 Å². The van der Waals surface area contributed by atoms with Gasteiger partial charge < -0.3 is 10.1 Å². The highest BCUT2D eigenvalue weighted by Crippen LogP contribution is 2.24. The Bertz CT molecular complexity index is 692. The topological polar surface area (TPSA) is 38.3 Å². The lowest BCUT2D eigenvalue weighted by atomic mass is 10.1. The molecule has 0 fully saturated rings. The molecule has 0 aliphatic rings. The molecule has 3 nitrogen and oxygen atoms in total. The minimum atomic E-state index is -0.0527. The first kappa shape index (κ1) is 19.0. The normalized spacial score (nSPS) is 11.8. The average molecular weight is 384 g/mol. The fourth-order valence-electron chi connectivity index (χ4n) is 2.15. The van der Waals surface area contributed by atoms with Crippen molar-refractivity contribution in [2.45, 2.75) is 18.7 Å². The van der Waals surface area contributed by atoms with Gasteiger partial charge in [0, 0.05) is 15.8 Å². The first-order valence-electron chi connectivity index (χ1n) is 7.44. The molecule has 0 bridgehead atoms. The van der Waals surface area contributed by atoms with Crippen molar-refractivity contribution in [1.82, 2.24) is 5.32 Å². The Morgan fingerprint density at radius 2 is 1.92 bits per heavy atom. The molecule has 0 saturated carbocycles. The van der Waals surface area contributed by atoms with Crippen molar-refractivity contribution in [1.29, 1.82) is 0 Å². The molecule has 1 N–H and O–H groups in total. The molecular formula is C18H19Cl2NO2S. The summed E-state index contributed by atoms with van der Waals surface area (Å²) in [5, 5.41) is 4.23. The summed E-state index contributed by atoms with van der Waals surface area (Å²) in [6, 6.07) is 13.0. The van der Waals surface area contributed by atoms with Crippen LogP contribution in [0.3, 0.4) is 0 Å². The Hall–Kier alpha value is -1.36. The Labute approximate surface area is 156 Å². The van der Waals surface area contributed by atoms with Gasteiger partial charge in [-0.15, -0.1) is 11.8 Å². The van der Waals surface area contributed by atoms with Crippen LogP contribution in [-0.4, -0.2) is 18.8 Å². The maximum absolute atomic E-state index is 12.1. The third kappa shape index (κ3) is 5.62. The first-order chi connectivity index (χ1) is 11.5. The zero-order valence-electron chi connectivity index (χ0n) is 13.5. The second kappa shape index (κ2) is 9.21. The summed E-state index contributed by atoms with van der Waals surface area (Å²) in [7, 11) is 1.63. The molecule has 24 heavy (non-hydrogen) atoms. The summed E-state index contributed by atoms with van der Waals surface area (Å²) >= 11 is 13.5. The predicted octanol–water partition coefficient (Wildman–Crippen LogP) is 5.11. The molecule has 0 heterocycles. The van der Waals surface area contributed by atoms with E-state index in [9.17, 15) is 4.79 Å². The number of rotatable bonds is 7. The number of methoxy groups -OCH3 is 1. The van der Waals surface area contributed by atoms with Gasteiger partial charge in [-0.25, -0.2) is 0 Å². The number of thioether (sulfide) groups is 1. The standard InChI is InChI=1S/C18H19Cl2NO2S/c1-12(13-4-7-16(23-2)8-5-13)21-18(22)11-24-10-14-3-6-15(19)9-17(14)20/h3-9,12H,10-11H2,1-2H3,(H,21,22). The maximum Gasteiger partial charge on any atom is 0.230 e. The van der Waals surface area contributed by atoms with E-state index in [0.29, 0.717) is 21.6 Å². The van der Waals surface area contributed by atoms with Crippen molar-refractivity contribution in [2.75, 3.05) is 12.9 Å². The average Bonchev–Trinajstić information content (AvgIpc) is 2.57. The lowest BCUT2D eigenvalue weighted by Gasteiger charge is -2.14. The molecule has 0 radical (unpaired) electrons. The lowest BCUT2D eigenvalue weighted by molar-refractivity contribution is -0.119. The minimum absolute atomic E-state index is 0.00611. The second-order valence-electron chi connectivity index (χ2n) is 5.29. The highest BCUT2D eigenvalue weighted by Gasteiger charge is 2.10. The Balaban J connectivity index is 1.79. The quantitative estimate of drug-likeness (QED) is 0.721. The van der Waals surface area contributed by atoms with Crippen molar-refractivity contribution in [3.63, 3.8) is 0 Å². The Morgan fingerprint density at radius 1 is 1.21 bits per heavy atom. The van der Waals surface area contributed by atoms with Gasteiger partial charge in [0.2, 0.25) is 5.91 Å². The van der Waals surface area contributed by atoms with Crippen LogP contribution in [0.1, 0.15) is 24.1 Å². The van der Waals surface area contributed by atoms with Gasteiger partial charge in [-0.2, -0.15) is 0 Å². The van der Waals surface area contributed by atoms with Gasteiger partial charge in [-0.1, -0.05) is 41.4 Å². The summed E-state index contributed by atoms with van der Waals surface area (Å²) in [6.45, 7) is 1.96. The minimum Gasteiger partial charge on any atom is -0.497 e. The van der Waals surface area contributed by atoms with Crippen molar-refractivity contribution in [2.24, 2.45) is 0 Å². The Morgan fingerprint density at radius 3 is 2.54 bits per heavy atom. The van der Waals surface area contributed by atoms with Gasteiger partial charge in [0.05, 0.1) is 18.9 Å².